The van der Waals surface area contributed by atoms with Crippen LogP contribution in [0, 0.1) is 19.8 Å². The number of aromatic nitrogens is 2. The third kappa shape index (κ3) is 4.40. The number of anilines is 1. The molecule has 5 rings (SSSR count). The number of aryl methyl sites for hydroxylation is 2. The Kier molecular flexibility index (Phi) is 6.05. The molecule has 0 saturated carbocycles. The quantitative estimate of drug-likeness (QED) is 0.409. The van der Waals surface area contributed by atoms with Crippen molar-refractivity contribution < 1.29 is 9.21 Å². The molecule has 174 valence electrons. The molecular formula is C28H30N4O2. The predicted molar refractivity (Wildman–Crippen MR) is 135 cm³/mol. The van der Waals surface area contributed by atoms with Crippen molar-refractivity contribution >= 4 is 23.0 Å². The third-order valence-corrected chi connectivity index (χ3v) is 6.73. The number of oxazole rings is 1. The summed E-state index contributed by atoms with van der Waals surface area (Å²) in [6.07, 6.45) is 3.85. The van der Waals surface area contributed by atoms with Crippen molar-refractivity contribution in [2.24, 2.45) is 5.92 Å². The first kappa shape index (κ1) is 22.1. The fourth-order valence-electron chi connectivity index (χ4n) is 4.85. The van der Waals surface area contributed by atoms with Gasteiger partial charge in [0.25, 0.3) is 11.9 Å². The van der Waals surface area contributed by atoms with Gasteiger partial charge in [0.1, 0.15) is 5.52 Å². The van der Waals surface area contributed by atoms with Gasteiger partial charge in [-0.25, -0.2) is 0 Å². The van der Waals surface area contributed by atoms with Crippen molar-refractivity contribution in [1.29, 1.82) is 0 Å². The number of amides is 1. The minimum absolute atomic E-state index is 0.0371. The molecule has 6 nitrogen and oxygen atoms in total. The number of likely N-dealkylation sites (tertiary alicyclic amines) is 1. The molecule has 1 aliphatic rings. The number of pyridine rings is 1. The molecule has 3 heterocycles. The van der Waals surface area contributed by atoms with Gasteiger partial charge in [-0.1, -0.05) is 36.8 Å². The minimum atomic E-state index is 0.0371. The molecule has 2 aromatic carbocycles. The van der Waals surface area contributed by atoms with Gasteiger partial charge in [0, 0.05) is 30.4 Å². The van der Waals surface area contributed by atoms with Crippen LogP contribution in [-0.4, -0.2) is 39.9 Å². The van der Waals surface area contributed by atoms with Gasteiger partial charge < -0.3 is 14.6 Å². The Morgan fingerprint density at radius 1 is 1.12 bits per heavy atom. The molecule has 0 bridgehead atoms. The molecule has 0 radical (unpaired) electrons. The van der Waals surface area contributed by atoms with Crippen LogP contribution in [-0.2, 0) is 0 Å². The first-order valence-electron chi connectivity index (χ1n) is 11.9. The molecule has 4 aromatic rings. The van der Waals surface area contributed by atoms with Crippen LogP contribution in [0.1, 0.15) is 41.3 Å². The van der Waals surface area contributed by atoms with Crippen molar-refractivity contribution in [3.63, 3.8) is 0 Å². The number of piperidine rings is 1. The lowest BCUT2D eigenvalue weighted by Gasteiger charge is -2.40. The number of hydrogen-bond acceptors (Lipinski definition) is 5. The second-order valence-corrected chi connectivity index (χ2v) is 9.32. The predicted octanol–water partition coefficient (Wildman–Crippen LogP) is 5.86. The molecular weight excluding hydrogens is 424 g/mol. The van der Waals surface area contributed by atoms with E-state index in [0.717, 1.165) is 52.9 Å². The van der Waals surface area contributed by atoms with Gasteiger partial charge in [-0.3, -0.25) is 9.78 Å². The topological polar surface area (TPSA) is 71.3 Å². The van der Waals surface area contributed by atoms with Crippen LogP contribution in [0.2, 0.25) is 0 Å². The minimum Gasteiger partial charge on any atom is -0.424 e. The van der Waals surface area contributed by atoms with E-state index in [9.17, 15) is 4.79 Å². The van der Waals surface area contributed by atoms with E-state index in [-0.39, 0.29) is 11.9 Å². The van der Waals surface area contributed by atoms with E-state index in [1.165, 1.54) is 0 Å². The van der Waals surface area contributed by atoms with Crippen LogP contribution in [0.15, 0.2) is 65.2 Å². The summed E-state index contributed by atoms with van der Waals surface area (Å²) in [7, 11) is 0. The molecule has 1 fully saturated rings. The van der Waals surface area contributed by atoms with Gasteiger partial charge in [-0.05, 0) is 68.5 Å². The summed E-state index contributed by atoms with van der Waals surface area (Å²) in [4.78, 5) is 25.0. The summed E-state index contributed by atoms with van der Waals surface area (Å²) in [6.45, 7) is 7.60. The molecule has 1 N–H and O–H groups in total. The van der Waals surface area contributed by atoms with Crippen LogP contribution in [0.3, 0.4) is 0 Å². The molecule has 2 atom stereocenters. The lowest BCUT2D eigenvalue weighted by molar-refractivity contribution is 0.0540. The number of rotatable bonds is 5. The molecule has 1 aliphatic heterocycles. The van der Waals surface area contributed by atoms with E-state index in [2.05, 4.69) is 22.2 Å². The molecule has 1 saturated heterocycles. The summed E-state index contributed by atoms with van der Waals surface area (Å²) in [5.41, 5.74) is 6.19. The molecule has 0 aliphatic carbocycles. The van der Waals surface area contributed by atoms with Gasteiger partial charge >= 0.3 is 0 Å². The summed E-state index contributed by atoms with van der Waals surface area (Å²) in [6, 6.07) is 18.3. The number of nitrogens with one attached hydrogen (secondary N) is 1. The normalized spacial score (nSPS) is 18.3. The summed E-state index contributed by atoms with van der Waals surface area (Å²) < 4.78 is 5.89. The van der Waals surface area contributed by atoms with E-state index in [4.69, 9.17) is 4.42 Å². The van der Waals surface area contributed by atoms with Crippen LogP contribution < -0.4 is 5.32 Å². The Hall–Kier alpha value is -3.67. The SMILES string of the molecule is Cc1ccc(-c2ccccn2)c(C(=O)N2CCC[C@@H](C)[C@H]2CNc2nc3cc(C)ccc3o2)c1. The van der Waals surface area contributed by atoms with Crippen LogP contribution >= 0.6 is 0 Å². The van der Waals surface area contributed by atoms with E-state index in [1.54, 1.807) is 6.20 Å². The highest BCUT2D eigenvalue weighted by Crippen LogP contribution is 2.30. The average Bonchev–Trinajstić information content (AvgIpc) is 3.25. The van der Waals surface area contributed by atoms with Crippen LogP contribution in [0.25, 0.3) is 22.4 Å². The maximum Gasteiger partial charge on any atom is 0.295 e. The standard InChI is InChI=1S/C28H30N4O2/c1-18-9-11-21(23-8-4-5-13-29-23)22(15-18)27(33)32-14-6-7-20(3)25(32)17-30-28-31-24-16-19(2)10-12-26(24)34-28/h4-5,8-13,15-16,20,25H,6-7,14,17H2,1-3H3,(H,30,31)/t20-,25-/m1/s1. The number of benzene rings is 2. The maximum atomic E-state index is 13.9. The van der Waals surface area contributed by atoms with Crippen molar-refractivity contribution in [1.82, 2.24) is 14.9 Å². The highest BCUT2D eigenvalue weighted by atomic mass is 16.4. The molecule has 0 unspecified atom stereocenters. The second-order valence-electron chi connectivity index (χ2n) is 9.32. The zero-order chi connectivity index (χ0) is 23.7. The number of fused-ring (bicyclic) bond motifs is 1. The number of carbonyl (C=O) groups is 1. The smallest absolute Gasteiger partial charge is 0.295 e. The Balaban J connectivity index is 1.41. The molecule has 0 spiro atoms. The van der Waals surface area contributed by atoms with E-state index < -0.39 is 0 Å². The van der Waals surface area contributed by atoms with Crippen molar-refractivity contribution in [3.8, 4) is 11.3 Å². The highest BCUT2D eigenvalue weighted by molar-refractivity contribution is 6.01. The van der Waals surface area contributed by atoms with Gasteiger partial charge in [-0.15, -0.1) is 0 Å². The Labute approximate surface area is 200 Å². The summed E-state index contributed by atoms with van der Waals surface area (Å²) in [5, 5.41) is 3.36. The first-order chi connectivity index (χ1) is 16.5. The number of carbonyl (C=O) groups excluding carboxylic acids is 1. The molecule has 34 heavy (non-hydrogen) atoms. The Bertz CT molecular complexity index is 1310. The summed E-state index contributed by atoms with van der Waals surface area (Å²) >= 11 is 0. The molecule has 2 aromatic heterocycles. The molecule has 1 amide bonds. The number of nitrogens with zero attached hydrogens (tertiary/aromatic N) is 3. The Morgan fingerprint density at radius 2 is 1.94 bits per heavy atom. The number of hydrogen-bond donors (Lipinski definition) is 1. The lowest BCUT2D eigenvalue weighted by Crippen LogP contribution is -2.51. The summed E-state index contributed by atoms with van der Waals surface area (Å²) in [5.74, 6) is 0.413. The third-order valence-electron chi connectivity index (χ3n) is 6.73. The van der Waals surface area contributed by atoms with E-state index in [0.29, 0.717) is 24.0 Å². The molecule has 6 heteroatoms. The van der Waals surface area contributed by atoms with Crippen LogP contribution in [0.5, 0.6) is 0 Å². The zero-order valence-corrected chi connectivity index (χ0v) is 19.9. The maximum absolute atomic E-state index is 13.9. The zero-order valence-electron chi connectivity index (χ0n) is 19.9. The van der Waals surface area contributed by atoms with Gasteiger partial charge in [0.15, 0.2) is 5.58 Å². The van der Waals surface area contributed by atoms with E-state index >= 15 is 0 Å². The highest BCUT2D eigenvalue weighted by Gasteiger charge is 2.33. The van der Waals surface area contributed by atoms with Crippen LogP contribution in [0.4, 0.5) is 6.01 Å². The van der Waals surface area contributed by atoms with Gasteiger partial charge in [-0.2, -0.15) is 4.98 Å². The van der Waals surface area contributed by atoms with Gasteiger partial charge in [0.05, 0.1) is 11.7 Å². The fraction of sp³-hybridized carbons (Fsp3) is 0.321. The first-order valence-corrected chi connectivity index (χ1v) is 11.9. The van der Waals surface area contributed by atoms with Gasteiger partial charge in [0.2, 0.25) is 0 Å². The van der Waals surface area contributed by atoms with Crippen molar-refractivity contribution in [2.45, 2.75) is 39.7 Å². The van der Waals surface area contributed by atoms with E-state index in [1.807, 2.05) is 73.3 Å². The monoisotopic (exact) mass is 454 g/mol. The van der Waals surface area contributed by atoms with Crippen molar-refractivity contribution in [3.05, 3.63) is 77.5 Å². The average molecular weight is 455 g/mol. The second kappa shape index (κ2) is 9.29. The largest absolute Gasteiger partial charge is 0.424 e. The lowest BCUT2D eigenvalue weighted by atomic mass is 9.89. The fourth-order valence-corrected chi connectivity index (χ4v) is 4.85. The van der Waals surface area contributed by atoms with Crippen molar-refractivity contribution in [2.75, 3.05) is 18.4 Å². The Morgan fingerprint density at radius 3 is 2.76 bits per heavy atom.